The molecule has 0 aliphatic rings. The molecular formula is C12H28N2. The third-order valence-corrected chi connectivity index (χ3v) is 2.44. The molecule has 0 atom stereocenters. The van der Waals surface area contributed by atoms with Gasteiger partial charge in [-0.1, -0.05) is 40.0 Å². The standard InChI is InChI=1S/C12H28N2/c1-5-6-7-8-10-14(4)11-9-13-12(2)3/h12-13H,5-11H2,1-4H3. The van der Waals surface area contributed by atoms with Crippen LogP contribution in [0.2, 0.25) is 0 Å². The summed E-state index contributed by atoms with van der Waals surface area (Å²) in [5.74, 6) is 0. The Kier molecular flexibility index (Phi) is 9.42. The first-order valence-electron chi connectivity index (χ1n) is 6.08. The second-order valence-electron chi connectivity index (χ2n) is 4.47. The molecule has 0 bridgehead atoms. The molecule has 0 aliphatic carbocycles. The topological polar surface area (TPSA) is 15.3 Å². The van der Waals surface area contributed by atoms with E-state index in [1.165, 1.54) is 38.8 Å². The van der Waals surface area contributed by atoms with Gasteiger partial charge in [-0.05, 0) is 20.0 Å². The van der Waals surface area contributed by atoms with Crippen LogP contribution in [0.1, 0.15) is 46.5 Å². The van der Waals surface area contributed by atoms with Crippen molar-refractivity contribution < 1.29 is 0 Å². The van der Waals surface area contributed by atoms with Crippen LogP contribution in [0.5, 0.6) is 0 Å². The van der Waals surface area contributed by atoms with Gasteiger partial charge in [-0.2, -0.15) is 0 Å². The largest absolute Gasteiger partial charge is 0.313 e. The van der Waals surface area contributed by atoms with Crippen molar-refractivity contribution in [3.05, 3.63) is 0 Å². The Labute approximate surface area is 90.1 Å². The van der Waals surface area contributed by atoms with Crippen molar-refractivity contribution >= 4 is 0 Å². The number of likely N-dealkylation sites (N-methyl/N-ethyl adjacent to an activating group) is 1. The highest BCUT2D eigenvalue weighted by molar-refractivity contribution is 4.57. The summed E-state index contributed by atoms with van der Waals surface area (Å²) in [6.45, 7) is 10.2. The molecule has 0 radical (unpaired) electrons. The third kappa shape index (κ3) is 10.0. The molecule has 0 saturated heterocycles. The lowest BCUT2D eigenvalue weighted by atomic mass is 10.2. The van der Waals surface area contributed by atoms with Gasteiger partial charge < -0.3 is 10.2 Å². The van der Waals surface area contributed by atoms with E-state index in [-0.39, 0.29) is 0 Å². The van der Waals surface area contributed by atoms with E-state index in [4.69, 9.17) is 0 Å². The maximum atomic E-state index is 3.44. The van der Waals surface area contributed by atoms with Crippen molar-refractivity contribution in [2.75, 3.05) is 26.7 Å². The summed E-state index contributed by atoms with van der Waals surface area (Å²) >= 11 is 0. The van der Waals surface area contributed by atoms with E-state index in [1.54, 1.807) is 0 Å². The minimum atomic E-state index is 0.614. The van der Waals surface area contributed by atoms with E-state index in [0.717, 1.165) is 6.54 Å². The molecule has 0 aromatic carbocycles. The van der Waals surface area contributed by atoms with Gasteiger partial charge in [-0.15, -0.1) is 0 Å². The normalized spacial score (nSPS) is 11.6. The first-order chi connectivity index (χ1) is 6.66. The summed E-state index contributed by atoms with van der Waals surface area (Å²) in [4.78, 5) is 2.42. The Morgan fingerprint density at radius 1 is 1.07 bits per heavy atom. The lowest BCUT2D eigenvalue weighted by molar-refractivity contribution is 0.318. The van der Waals surface area contributed by atoms with E-state index >= 15 is 0 Å². The van der Waals surface area contributed by atoms with Gasteiger partial charge in [0, 0.05) is 19.1 Å². The molecule has 0 aliphatic heterocycles. The van der Waals surface area contributed by atoms with Crippen LogP contribution in [0.25, 0.3) is 0 Å². The summed E-state index contributed by atoms with van der Waals surface area (Å²) in [6.07, 6.45) is 5.46. The maximum Gasteiger partial charge on any atom is 0.0104 e. The predicted molar refractivity (Wildman–Crippen MR) is 64.8 cm³/mol. The van der Waals surface area contributed by atoms with Gasteiger partial charge in [0.1, 0.15) is 0 Å². The van der Waals surface area contributed by atoms with Crippen molar-refractivity contribution in [2.24, 2.45) is 0 Å². The van der Waals surface area contributed by atoms with Gasteiger partial charge in [0.15, 0.2) is 0 Å². The zero-order chi connectivity index (χ0) is 10.8. The number of nitrogens with one attached hydrogen (secondary N) is 1. The van der Waals surface area contributed by atoms with E-state index < -0.39 is 0 Å². The average Bonchev–Trinajstić information content (AvgIpc) is 2.12. The van der Waals surface area contributed by atoms with Crippen LogP contribution in [-0.4, -0.2) is 37.6 Å². The number of hydrogen-bond acceptors (Lipinski definition) is 2. The van der Waals surface area contributed by atoms with Crippen LogP contribution in [0.3, 0.4) is 0 Å². The van der Waals surface area contributed by atoms with Gasteiger partial charge in [0.2, 0.25) is 0 Å². The molecule has 0 aromatic rings. The van der Waals surface area contributed by atoms with Crippen LogP contribution < -0.4 is 5.32 Å². The highest BCUT2D eigenvalue weighted by Gasteiger charge is 1.98. The van der Waals surface area contributed by atoms with Gasteiger partial charge >= 0.3 is 0 Å². The van der Waals surface area contributed by atoms with Crippen LogP contribution in [0.15, 0.2) is 0 Å². The fourth-order valence-electron chi connectivity index (χ4n) is 1.46. The Hall–Kier alpha value is -0.0800. The minimum absolute atomic E-state index is 0.614. The number of unbranched alkanes of at least 4 members (excludes halogenated alkanes) is 3. The van der Waals surface area contributed by atoms with Crippen LogP contribution in [0, 0.1) is 0 Å². The summed E-state index contributed by atoms with van der Waals surface area (Å²) in [6, 6.07) is 0.614. The molecule has 0 saturated carbocycles. The Morgan fingerprint density at radius 2 is 1.79 bits per heavy atom. The first kappa shape index (κ1) is 13.9. The molecule has 0 aromatic heterocycles. The monoisotopic (exact) mass is 200 g/mol. The van der Waals surface area contributed by atoms with Crippen molar-refractivity contribution in [1.29, 1.82) is 0 Å². The SMILES string of the molecule is CCCCCCN(C)CCNC(C)C. The van der Waals surface area contributed by atoms with Crippen LogP contribution in [0.4, 0.5) is 0 Å². The smallest absolute Gasteiger partial charge is 0.0104 e. The average molecular weight is 200 g/mol. The fourth-order valence-corrected chi connectivity index (χ4v) is 1.46. The minimum Gasteiger partial charge on any atom is -0.313 e. The highest BCUT2D eigenvalue weighted by Crippen LogP contribution is 1.99. The molecule has 0 heterocycles. The summed E-state index contributed by atoms with van der Waals surface area (Å²) in [5, 5.41) is 3.44. The molecule has 86 valence electrons. The molecule has 1 N–H and O–H groups in total. The van der Waals surface area contributed by atoms with E-state index in [1.807, 2.05) is 0 Å². The molecular weight excluding hydrogens is 172 g/mol. The summed E-state index contributed by atoms with van der Waals surface area (Å²) < 4.78 is 0. The zero-order valence-corrected chi connectivity index (χ0v) is 10.5. The summed E-state index contributed by atoms with van der Waals surface area (Å²) in [5.41, 5.74) is 0. The Bertz CT molecular complexity index is 113. The molecule has 0 spiro atoms. The number of hydrogen-bond donors (Lipinski definition) is 1. The van der Waals surface area contributed by atoms with Crippen LogP contribution >= 0.6 is 0 Å². The molecule has 2 heteroatoms. The molecule has 0 rings (SSSR count). The maximum absolute atomic E-state index is 3.44. The molecule has 0 unspecified atom stereocenters. The Balaban J connectivity index is 3.15. The van der Waals surface area contributed by atoms with Gasteiger partial charge in [0.05, 0.1) is 0 Å². The highest BCUT2D eigenvalue weighted by atomic mass is 15.1. The van der Waals surface area contributed by atoms with Crippen molar-refractivity contribution in [2.45, 2.75) is 52.5 Å². The second-order valence-corrected chi connectivity index (χ2v) is 4.47. The fraction of sp³-hybridized carbons (Fsp3) is 1.00. The zero-order valence-electron chi connectivity index (χ0n) is 10.5. The van der Waals surface area contributed by atoms with Gasteiger partial charge in [-0.25, -0.2) is 0 Å². The quantitative estimate of drug-likeness (QED) is 0.575. The van der Waals surface area contributed by atoms with Gasteiger partial charge in [0.25, 0.3) is 0 Å². The van der Waals surface area contributed by atoms with Crippen molar-refractivity contribution in [3.63, 3.8) is 0 Å². The van der Waals surface area contributed by atoms with E-state index in [9.17, 15) is 0 Å². The second kappa shape index (κ2) is 9.47. The van der Waals surface area contributed by atoms with Gasteiger partial charge in [-0.3, -0.25) is 0 Å². The lowest BCUT2D eigenvalue weighted by Crippen LogP contribution is -2.33. The summed E-state index contributed by atoms with van der Waals surface area (Å²) in [7, 11) is 2.22. The van der Waals surface area contributed by atoms with Crippen LogP contribution in [-0.2, 0) is 0 Å². The molecule has 0 fully saturated rings. The first-order valence-corrected chi connectivity index (χ1v) is 6.08. The molecule has 2 nitrogen and oxygen atoms in total. The van der Waals surface area contributed by atoms with Crippen molar-refractivity contribution in [1.82, 2.24) is 10.2 Å². The van der Waals surface area contributed by atoms with E-state index in [2.05, 4.69) is 38.0 Å². The lowest BCUT2D eigenvalue weighted by Gasteiger charge is -2.17. The number of nitrogens with zero attached hydrogens (tertiary/aromatic N) is 1. The molecule has 0 amide bonds. The van der Waals surface area contributed by atoms with E-state index in [0.29, 0.717) is 6.04 Å². The van der Waals surface area contributed by atoms with Crippen molar-refractivity contribution in [3.8, 4) is 0 Å². The number of rotatable bonds is 9. The molecule has 14 heavy (non-hydrogen) atoms. The Morgan fingerprint density at radius 3 is 2.36 bits per heavy atom. The predicted octanol–water partition coefficient (Wildman–Crippen LogP) is 2.50. The third-order valence-electron chi connectivity index (χ3n) is 2.44.